The molecular weight excluding hydrogens is 208 g/mol. The first-order chi connectivity index (χ1) is 7.72. The lowest BCUT2D eigenvalue weighted by atomic mass is 10.2. The van der Waals surface area contributed by atoms with Gasteiger partial charge < -0.3 is 8.83 Å². The van der Waals surface area contributed by atoms with Gasteiger partial charge in [0.05, 0.1) is 6.26 Å². The van der Waals surface area contributed by atoms with Gasteiger partial charge in [-0.05, 0) is 24.3 Å². The fourth-order valence-electron chi connectivity index (χ4n) is 1.31. The minimum absolute atomic E-state index is 0.117. The summed E-state index contributed by atoms with van der Waals surface area (Å²) in [5, 5.41) is 0. The summed E-state index contributed by atoms with van der Waals surface area (Å²) < 4.78 is 10.1. The van der Waals surface area contributed by atoms with Crippen molar-refractivity contribution in [2.45, 2.75) is 13.3 Å². The zero-order valence-electron chi connectivity index (χ0n) is 8.73. The van der Waals surface area contributed by atoms with Crippen LogP contribution in [0.4, 0.5) is 0 Å². The van der Waals surface area contributed by atoms with E-state index < -0.39 is 0 Å². The molecule has 4 heteroatoms. The minimum atomic E-state index is -0.361. The van der Waals surface area contributed by atoms with E-state index in [2.05, 4.69) is 0 Å². The summed E-state index contributed by atoms with van der Waals surface area (Å²) in [6.45, 7) is 1.73. The number of carbonyl (C=O) groups excluding carboxylic acids is 2. The molecule has 0 unspecified atom stereocenters. The topological polar surface area (TPSA) is 60.4 Å². The van der Waals surface area contributed by atoms with Gasteiger partial charge in [-0.25, -0.2) is 0 Å². The summed E-state index contributed by atoms with van der Waals surface area (Å²) >= 11 is 0. The van der Waals surface area contributed by atoms with Crippen LogP contribution >= 0.6 is 0 Å². The average molecular weight is 218 g/mol. The standard InChI is InChI=1S/C12H10O4/c1-2-8(13)9-5-6-11(16-9)12(14)10-4-3-7-15-10/h3-7H,2H2,1H3. The third-order valence-electron chi connectivity index (χ3n) is 2.17. The van der Waals surface area contributed by atoms with Gasteiger partial charge in [0.15, 0.2) is 23.1 Å². The molecule has 0 saturated heterocycles. The molecule has 2 rings (SSSR count). The summed E-state index contributed by atoms with van der Waals surface area (Å²) in [7, 11) is 0. The average Bonchev–Trinajstić information content (AvgIpc) is 2.97. The molecule has 0 fully saturated rings. The maximum Gasteiger partial charge on any atom is 0.263 e. The zero-order chi connectivity index (χ0) is 11.5. The van der Waals surface area contributed by atoms with Crippen LogP contribution in [0.25, 0.3) is 0 Å². The number of carbonyl (C=O) groups is 2. The van der Waals surface area contributed by atoms with Gasteiger partial charge >= 0.3 is 0 Å². The van der Waals surface area contributed by atoms with Crippen LogP contribution in [0.1, 0.15) is 40.2 Å². The molecule has 82 valence electrons. The molecule has 0 bridgehead atoms. The highest BCUT2D eigenvalue weighted by atomic mass is 16.4. The van der Waals surface area contributed by atoms with Gasteiger partial charge in [-0.2, -0.15) is 0 Å². The predicted molar refractivity (Wildman–Crippen MR) is 55.5 cm³/mol. The van der Waals surface area contributed by atoms with Crippen molar-refractivity contribution in [3.8, 4) is 0 Å². The molecule has 16 heavy (non-hydrogen) atoms. The number of hydrogen-bond donors (Lipinski definition) is 0. The highest BCUT2D eigenvalue weighted by Gasteiger charge is 2.17. The van der Waals surface area contributed by atoms with Gasteiger partial charge in [-0.1, -0.05) is 6.92 Å². The molecular formula is C12H10O4. The van der Waals surface area contributed by atoms with Crippen molar-refractivity contribution in [3.05, 3.63) is 47.8 Å². The van der Waals surface area contributed by atoms with Crippen molar-refractivity contribution in [2.24, 2.45) is 0 Å². The predicted octanol–water partition coefficient (Wildman–Crippen LogP) is 2.70. The molecule has 0 spiro atoms. The van der Waals surface area contributed by atoms with Gasteiger partial charge in [0.2, 0.25) is 0 Å². The third-order valence-corrected chi connectivity index (χ3v) is 2.17. The Morgan fingerprint density at radius 1 is 1.12 bits per heavy atom. The maximum absolute atomic E-state index is 11.7. The van der Waals surface area contributed by atoms with Crippen LogP contribution in [0.15, 0.2) is 39.4 Å². The number of ketones is 2. The SMILES string of the molecule is CCC(=O)c1ccc(C(=O)c2ccco2)o1. The van der Waals surface area contributed by atoms with Crippen molar-refractivity contribution in [1.29, 1.82) is 0 Å². The van der Waals surface area contributed by atoms with Crippen LogP contribution in [-0.4, -0.2) is 11.6 Å². The first kappa shape index (κ1) is 10.4. The summed E-state index contributed by atoms with van der Waals surface area (Å²) in [5.41, 5.74) is 0. The summed E-state index contributed by atoms with van der Waals surface area (Å²) in [6.07, 6.45) is 1.76. The number of hydrogen-bond acceptors (Lipinski definition) is 4. The van der Waals surface area contributed by atoms with Crippen LogP contribution in [-0.2, 0) is 0 Å². The normalized spacial score (nSPS) is 10.3. The Balaban J connectivity index is 2.26. The van der Waals surface area contributed by atoms with Crippen molar-refractivity contribution < 1.29 is 18.4 Å². The van der Waals surface area contributed by atoms with Crippen molar-refractivity contribution >= 4 is 11.6 Å². The molecule has 0 amide bonds. The molecule has 0 saturated carbocycles. The van der Waals surface area contributed by atoms with E-state index in [4.69, 9.17) is 8.83 Å². The molecule has 0 aromatic carbocycles. The number of furan rings is 2. The van der Waals surface area contributed by atoms with Gasteiger partial charge in [0, 0.05) is 6.42 Å². The van der Waals surface area contributed by atoms with Gasteiger partial charge in [0.25, 0.3) is 5.78 Å². The molecule has 2 aromatic rings. The van der Waals surface area contributed by atoms with Crippen LogP contribution in [0.3, 0.4) is 0 Å². The lowest BCUT2D eigenvalue weighted by Gasteiger charge is -1.92. The Morgan fingerprint density at radius 3 is 2.50 bits per heavy atom. The van der Waals surface area contributed by atoms with E-state index in [0.29, 0.717) is 6.42 Å². The fraction of sp³-hybridized carbons (Fsp3) is 0.167. The van der Waals surface area contributed by atoms with Gasteiger partial charge in [0.1, 0.15) is 0 Å². The van der Waals surface area contributed by atoms with Crippen LogP contribution in [0.2, 0.25) is 0 Å². The van der Waals surface area contributed by atoms with E-state index in [0.717, 1.165) is 0 Å². The second-order valence-corrected chi connectivity index (χ2v) is 3.25. The van der Waals surface area contributed by atoms with Crippen molar-refractivity contribution in [1.82, 2.24) is 0 Å². The minimum Gasteiger partial charge on any atom is -0.461 e. The number of rotatable bonds is 4. The van der Waals surface area contributed by atoms with Crippen LogP contribution in [0, 0.1) is 0 Å². The molecule has 2 heterocycles. The first-order valence-electron chi connectivity index (χ1n) is 4.93. The summed E-state index contributed by atoms with van der Waals surface area (Å²) in [6, 6.07) is 6.15. The first-order valence-corrected chi connectivity index (χ1v) is 4.93. The van der Waals surface area contributed by atoms with E-state index in [1.54, 1.807) is 19.1 Å². The molecule has 4 nitrogen and oxygen atoms in total. The zero-order valence-corrected chi connectivity index (χ0v) is 8.73. The Bertz CT molecular complexity index is 505. The monoisotopic (exact) mass is 218 g/mol. The second-order valence-electron chi connectivity index (χ2n) is 3.25. The highest BCUT2D eigenvalue weighted by molar-refractivity contribution is 6.06. The molecule has 0 radical (unpaired) electrons. The molecule has 0 aliphatic heterocycles. The maximum atomic E-state index is 11.7. The van der Waals surface area contributed by atoms with Crippen LogP contribution in [0.5, 0.6) is 0 Å². The second kappa shape index (κ2) is 4.18. The lowest BCUT2D eigenvalue weighted by Crippen LogP contribution is -1.98. The van der Waals surface area contributed by atoms with Crippen molar-refractivity contribution in [2.75, 3.05) is 0 Å². The molecule has 0 atom stereocenters. The van der Waals surface area contributed by atoms with E-state index in [-0.39, 0.29) is 28.8 Å². The van der Waals surface area contributed by atoms with Gasteiger partial charge in [-0.3, -0.25) is 9.59 Å². The lowest BCUT2D eigenvalue weighted by molar-refractivity contribution is 0.0946. The molecule has 0 aliphatic carbocycles. The smallest absolute Gasteiger partial charge is 0.263 e. The highest BCUT2D eigenvalue weighted by Crippen LogP contribution is 2.15. The Labute approximate surface area is 91.9 Å². The fourth-order valence-corrected chi connectivity index (χ4v) is 1.31. The summed E-state index contributed by atoms with van der Waals surface area (Å²) in [4.78, 5) is 23.0. The van der Waals surface area contributed by atoms with E-state index in [1.807, 2.05) is 0 Å². The Hall–Kier alpha value is -2.10. The van der Waals surface area contributed by atoms with E-state index in [9.17, 15) is 9.59 Å². The largest absolute Gasteiger partial charge is 0.461 e. The Kier molecular flexibility index (Phi) is 2.72. The van der Waals surface area contributed by atoms with Crippen LogP contribution < -0.4 is 0 Å². The van der Waals surface area contributed by atoms with Gasteiger partial charge in [-0.15, -0.1) is 0 Å². The molecule has 2 aromatic heterocycles. The molecule has 0 N–H and O–H groups in total. The summed E-state index contributed by atoms with van der Waals surface area (Å²) in [5.74, 6) is 0.0349. The van der Waals surface area contributed by atoms with Crippen molar-refractivity contribution in [3.63, 3.8) is 0 Å². The Morgan fingerprint density at radius 2 is 1.88 bits per heavy atom. The van der Waals surface area contributed by atoms with E-state index in [1.165, 1.54) is 18.4 Å². The quantitative estimate of drug-likeness (QED) is 0.740. The number of Topliss-reactive ketones (excluding diaryl/α,β-unsaturated/α-hetero) is 1. The third kappa shape index (κ3) is 1.82. The molecule has 0 aliphatic rings. The van der Waals surface area contributed by atoms with E-state index >= 15 is 0 Å².